The Kier molecular flexibility index (Phi) is 7.18. The Morgan fingerprint density at radius 3 is 1.65 bits per heavy atom. The lowest BCUT2D eigenvalue weighted by Gasteiger charge is -2.38. The molecule has 0 rings (SSSR count). The van der Waals surface area contributed by atoms with Gasteiger partial charge in [-0.3, -0.25) is 4.79 Å². The van der Waals surface area contributed by atoms with Gasteiger partial charge in [-0.05, 0) is 24.7 Å². The van der Waals surface area contributed by atoms with E-state index in [1.54, 1.807) is 34.6 Å². The first-order valence-electron chi connectivity index (χ1n) is 7.81. The van der Waals surface area contributed by atoms with Gasteiger partial charge in [0, 0.05) is 0 Å². The van der Waals surface area contributed by atoms with Crippen molar-refractivity contribution in [1.82, 2.24) is 0 Å². The highest BCUT2D eigenvalue weighted by molar-refractivity contribution is 5.76. The van der Waals surface area contributed by atoms with E-state index in [-0.39, 0.29) is 6.42 Å². The molecule has 0 N–H and O–H groups in total. The molecule has 0 bridgehead atoms. The van der Waals surface area contributed by atoms with Gasteiger partial charge in [-0.1, -0.05) is 34.6 Å². The first kappa shape index (κ1) is 24.9. The summed E-state index contributed by atoms with van der Waals surface area (Å²) >= 11 is 0. The summed E-state index contributed by atoms with van der Waals surface area (Å²) in [6.07, 6.45) is -4.88. The third-order valence-corrected chi connectivity index (χ3v) is 4.17. The van der Waals surface area contributed by atoms with E-state index in [0.29, 0.717) is 0 Å². The number of rotatable bonds is 8. The standard InChI is InChI=1S/C16H24F8O2/c1-9(2)13(6,7-12(3,4)5)11(25)26-8-14(19,20)16(23,24)15(21,22)10(17)18/h9-10H,7-8H2,1-6H3. The molecule has 0 aliphatic carbocycles. The molecule has 0 aliphatic rings. The van der Waals surface area contributed by atoms with Crippen LogP contribution < -0.4 is 0 Å². The lowest BCUT2D eigenvalue weighted by atomic mass is 9.69. The van der Waals surface area contributed by atoms with Gasteiger partial charge in [-0.2, -0.15) is 26.3 Å². The van der Waals surface area contributed by atoms with Gasteiger partial charge in [-0.25, -0.2) is 8.78 Å². The number of carbonyl (C=O) groups excluding carboxylic acids is 1. The highest BCUT2D eigenvalue weighted by Gasteiger charge is 2.75. The summed E-state index contributed by atoms with van der Waals surface area (Å²) in [6.45, 7) is 7.31. The molecule has 0 saturated heterocycles. The molecule has 0 amide bonds. The summed E-state index contributed by atoms with van der Waals surface area (Å²) < 4.78 is 107. The first-order chi connectivity index (χ1) is 11.2. The fourth-order valence-corrected chi connectivity index (χ4v) is 2.41. The Bertz CT molecular complexity index is 497. The maximum absolute atomic E-state index is 13.5. The summed E-state index contributed by atoms with van der Waals surface area (Å²) in [5.74, 6) is -20.1. The molecule has 0 spiro atoms. The molecular weight excluding hydrogens is 376 g/mol. The lowest BCUT2D eigenvalue weighted by Crippen LogP contribution is -2.59. The first-order valence-corrected chi connectivity index (χ1v) is 7.81. The predicted octanol–water partition coefficient (Wildman–Crippen LogP) is 5.80. The van der Waals surface area contributed by atoms with Gasteiger partial charge in [-0.15, -0.1) is 0 Å². The normalized spacial score (nSPS) is 16.8. The van der Waals surface area contributed by atoms with E-state index in [1.165, 1.54) is 6.92 Å². The van der Waals surface area contributed by atoms with Gasteiger partial charge >= 0.3 is 30.2 Å². The molecule has 0 fully saturated rings. The largest absolute Gasteiger partial charge is 0.459 e. The molecule has 0 aromatic carbocycles. The van der Waals surface area contributed by atoms with Crippen molar-refractivity contribution in [2.45, 2.75) is 72.2 Å². The maximum Gasteiger partial charge on any atom is 0.381 e. The second kappa shape index (κ2) is 7.50. The van der Waals surface area contributed by atoms with E-state index < -0.39 is 53.5 Å². The van der Waals surface area contributed by atoms with Crippen molar-refractivity contribution in [3.63, 3.8) is 0 Å². The number of hydrogen-bond acceptors (Lipinski definition) is 2. The van der Waals surface area contributed by atoms with Gasteiger partial charge in [0.1, 0.15) is 0 Å². The van der Waals surface area contributed by atoms with Crippen molar-refractivity contribution in [2.75, 3.05) is 6.61 Å². The van der Waals surface area contributed by atoms with Crippen LogP contribution in [0.5, 0.6) is 0 Å². The van der Waals surface area contributed by atoms with Crippen LogP contribution in [0.1, 0.15) is 48.0 Å². The third-order valence-electron chi connectivity index (χ3n) is 4.17. The zero-order chi connectivity index (χ0) is 21.4. The van der Waals surface area contributed by atoms with Gasteiger partial charge in [0.25, 0.3) is 0 Å². The number of esters is 1. The number of carbonyl (C=O) groups is 1. The van der Waals surface area contributed by atoms with Crippen LogP contribution in [0.2, 0.25) is 0 Å². The summed E-state index contributed by atoms with van der Waals surface area (Å²) in [5.41, 5.74) is -1.83. The SMILES string of the molecule is CC(C)C(C)(CC(C)(C)C)C(=O)OCC(F)(F)C(F)(F)C(F)(F)C(F)F. The molecule has 0 aromatic heterocycles. The summed E-state index contributed by atoms with van der Waals surface area (Å²) in [6, 6.07) is 0. The highest BCUT2D eigenvalue weighted by Crippen LogP contribution is 2.49. The maximum atomic E-state index is 13.5. The topological polar surface area (TPSA) is 26.3 Å². The van der Waals surface area contributed by atoms with E-state index in [1.807, 2.05) is 0 Å². The highest BCUT2D eigenvalue weighted by atomic mass is 19.4. The van der Waals surface area contributed by atoms with Gasteiger partial charge in [0.2, 0.25) is 0 Å². The molecule has 1 unspecified atom stereocenters. The van der Waals surface area contributed by atoms with E-state index in [2.05, 4.69) is 4.74 Å². The van der Waals surface area contributed by atoms with E-state index in [4.69, 9.17) is 0 Å². The van der Waals surface area contributed by atoms with Crippen LogP contribution in [-0.4, -0.2) is 36.8 Å². The Hall–Kier alpha value is -1.09. The Labute approximate surface area is 147 Å². The molecule has 0 aliphatic heterocycles. The summed E-state index contributed by atoms with van der Waals surface area (Å²) in [7, 11) is 0. The fourth-order valence-electron chi connectivity index (χ4n) is 2.41. The number of ether oxygens (including phenoxy) is 1. The number of hydrogen-bond donors (Lipinski definition) is 0. The van der Waals surface area contributed by atoms with Crippen molar-refractivity contribution in [2.24, 2.45) is 16.7 Å². The Balaban J connectivity index is 5.45. The monoisotopic (exact) mass is 400 g/mol. The minimum absolute atomic E-state index is 0.131. The average molecular weight is 400 g/mol. The van der Waals surface area contributed by atoms with Crippen molar-refractivity contribution in [3.05, 3.63) is 0 Å². The molecule has 0 radical (unpaired) electrons. The van der Waals surface area contributed by atoms with Crippen LogP contribution in [0, 0.1) is 16.7 Å². The zero-order valence-electron chi connectivity index (χ0n) is 15.4. The second-order valence-corrected chi connectivity index (χ2v) is 8.09. The second-order valence-electron chi connectivity index (χ2n) is 8.09. The van der Waals surface area contributed by atoms with Gasteiger partial charge in [0.15, 0.2) is 6.61 Å². The van der Waals surface area contributed by atoms with Crippen molar-refractivity contribution in [3.8, 4) is 0 Å². The fraction of sp³-hybridized carbons (Fsp3) is 0.938. The molecule has 0 aromatic rings. The van der Waals surface area contributed by atoms with E-state index >= 15 is 0 Å². The van der Waals surface area contributed by atoms with Gasteiger partial charge in [0.05, 0.1) is 5.41 Å². The van der Waals surface area contributed by atoms with Crippen LogP contribution >= 0.6 is 0 Å². The molecule has 0 saturated carbocycles. The Morgan fingerprint density at radius 2 is 1.35 bits per heavy atom. The van der Waals surface area contributed by atoms with Crippen molar-refractivity contribution in [1.29, 1.82) is 0 Å². The molecule has 10 heteroatoms. The smallest absolute Gasteiger partial charge is 0.381 e. The minimum atomic E-state index is -6.40. The molecule has 1 atom stereocenters. The quantitative estimate of drug-likeness (QED) is 0.380. The van der Waals surface area contributed by atoms with Crippen LogP contribution in [-0.2, 0) is 9.53 Å². The van der Waals surface area contributed by atoms with Crippen molar-refractivity contribution < 1.29 is 44.7 Å². The van der Waals surface area contributed by atoms with Crippen LogP contribution in [0.25, 0.3) is 0 Å². The summed E-state index contributed by atoms with van der Waals surface area (Å²) in [4.78, 5) is 12.2. The third kappa shape index (κ3) is 5.00. The zero-order valence-corrected chi connectivity index (χ0v) is 15.4. The molecule has 26 heavy (non-hydrogen) atoms. The van der Waals surface area contributed by atoms with Crippen LogP contribution in [0.15, 0.2) is 0 Å². The summed E-state index contributed by atoms with van der Waals surface area (Å²) in [5, 5.41) is 0. The van der Waals surface area contributed by atoms with E-state index in [9.17, 15) is 39.9 Å². The molecule has 0 heterocycles. The average Bonchev–Trinajstić information content (AvgIpc) is 2.41. The predicted molar refractivity (Wildman–Crippen MR) is 78.8 cm³/mol. The van der Waals surface area contributed by atoms with Crippen molar-refractivity contribution >= 4 is 5.97 Å². The minimum Gasteiger partial charge on any atom is -0.459 e. The van der Waals surface area contributed by atoms with Crippen LogP contribution in [0.3, 0.4) is 0 Å². The van der Waals surface area contributed by atoms with Crippen LogP contribution in [0.4, 0.5) is 35.1 Å². The number of alkyl halides is 8. The molecular formula is C16H24F8O2. The molecule has 156 valence electrons. The molecule has 2 nitrogen and oxygen atoms in total. The Morgan fingerprint density at radius 1 is 0.923 bits per heavy atom. The van der Waals surface area contributed by atoms with Gasteiger partial charge < -0.3 is 4.74 Å². The van der Waals surface area contributed by atoms with E-state index in [0.717, 1.165) is 0 Å². The number of halogens is 8. The lowest BCUT2D eigenvalue weighted by molar-refractivity contribution is -0.344.